The lowest BCUT2D eigenvalue weighted by Crippen LogP contribution is -2.29. The van der Waals surface area contributed by atoms with E-state index in [1.54, 1.807) is 6.92 Å². The predicted molar refractivity (Wildman–Crippen MR) is 103 cm³/mol. The van der Waals surface area contributed by atoms with E-state index in [4.69, 9.17) is 14.2 Å². The van der Waals surface area contributed by atoms with E-state index >= 15 is 0 Å². The molecule has 0 saturated heterocycles. The van der Waals surface area contributed by atoms with Gasteiger partial charge >= 0.3 is 0 Å². The van der Waals surface area contributed by atoms with E-state index in [-0.39, 0.29) is 25.2 Å². The Hall–Kier alpha value is -3.55. The van der Waals surface area contributed by atoms with Gasteiger partial charge in [0.25, 0.3) is 5.88 Å². The minimum Gasteiger partial charge on any atom is -0.472 e. The summed E-state index contributed by atoms with van der Waals surface area (Å²) in [4.78, 5) is 12.6. The molecule has 0 saturated carbocycles. The Bertz CT molecular complexity index is 973. The third kappa shape index (κ3) is 4.48. The van der Waals surface area contributed by atoms with Gasteiger partial charge in [-0.25, -0.2) is 4.63 Å². The second-order valence-corrected chi connectivity index (χ2v) is 6.63. The molecular weight excluding hydrogens is 374 g/mol. The second kappa shape index (κ2) is 8.64. The molecule has 1 aromatic heterocycles. The highest BCUT2D eigenvalue weighted by atomic mass is 16.7. The SMILES string of the molecule is Cc1nonc1OCCNC(=O)C[C@H](c1ccccc1)c1ccc2c(c1)OCO2. The topological polar surface area (TPSA) is 95.7 Å². The third-order valence-electron chi connectivity index (χ3n) is 4.66. The van der Waals surface area contributed by atoms with Crippen LogP contribution in [-0.4, -0.2) is 36.2 Å². The molecule has 2 aromatic carbocycles. The normalized spacial score (nSPS) is 13.1. The van der Waals surface area contributed by atoms with Crippen LogP contribution in [0.1, 0.15) is 29.2 Å². The number of hydrogen-bond acceptors (Lipinski definition) is 7. The monoisotopic (exact) mass is 395 g/mol. The first-order valence-electron chi connectivity index (χ1n) is 9.34. The van der Waals surface area contributed by atoms with Crippen molar-refractivity contribution >= 4 is 5.91 Å². The molecule has 3 aromatic rings. The Morgan fingerprint density at radius 2 is 1.93 bits per heavy atom. The van der Waals surface area contributed by atoms with Crippen LogP contribution >= 0.6 is 0 Å². The van der Waals surface area contributed by atoms with E-state index in [0.29, 0.717) is 30.3 Å². The van der Waals surface area contributed by atoms with Gasteiger partial charge in [0, 0.05) is 12.3 Å². The van der Waals surface area contributed by atoms with Gasteiger partial charge in [-0.15, -0.1) is 0 Å². The summed E-state index contributed by atoms with van der Waals surface area (Å²) in [7, 11) is 0. The van der Waals surface area contributed by atoms with Crippen LogP contribution in [0, 0.1) is 6.92 Å². The number of aryl methyl sites for hydroxylation is 1. The zero-order chi connectivity index (χ0) is 20.1. The van der Waals surface area contributed by atoms with Gasteiger partial charge in [0.2, 0.25) is 12.7 Å². The molecule has 8 heteroatoms. The van der Waals surface area contributed by atoms with Crippen LogP contribution in [0.25, 0.3) is 0 Å². The van der Waals surface area contributed by atoms with E-state index in [0.717, 1.165) is 16.9 Å². The van der Waals surface area contributed by atoms with Crippen LogP contribution in [0.5, 0.6) is 17.4 Å². The zero-order valence-corrected chi connectivity index (χ0v) is 16.0. The summed E-state index contributed by atoms with van der Waals surface area (Å²) in [5.74, 6) is 1.58. The summed E-state index contributed by atoms with van der Waals surface area (Å²) >= 11 is 0. The Balaban J connectivity index is 1.40. The van der Waals surface area contributed by atoms with Crippen molar-refractivity contribution in [2.24, 2.45) is 0 Å². The van der Waals surface area contributed by atoms with Crippen LogP contribution in [0.15, 0.2) is 53.2 Å². The Labute approximate surface area is 167 Å². The van der Waals surface area contributed by atoms with Crippen molar-refractivity contribution in [2.75, 3.05) is 19.9 Å². The van der Waals surface area contributed by atoms with Crippen LogP contribution in [0.3, 0.4) is 0 Å². The Kier molecular flexibility index (Phi) is 5.60. The van der Waals surface area contributed by atoms with E-state index in [2.05, 4.69) is 20.3 Å². The number of carbonyl (C=O) groups excluding carboxylic acids is 1. The van der Waals surface area contributed by atoms with Crippen molar-refractivity contribution in [2.45, 2.75) is 19.3 Å². The average Bonchev–Trinajstić information content (AvgIpc) is 3.38. The van der Waals surface area contributed by atoms with E-state index < -0.39 is 0 Å². The van der Waals surface area contributed by atoms with Crippen molar-refractivity contribution in [1.82, 2.24) is 15.6 Å². The van der Waals surface area contributed by atoms with Crippen molar-refractivity contribution in [3.63, 3.8) is 0 Å². The molecule has 1 amide bonds. The fraction of sp³-hybridized carbons (Fsp3) is 0.286. The maximum atomic E-state index is 12.6. The lowest BCUT2D eigenvalue weighted by Gasteiger charge is -2.18. The van der Waals surface area contributed by atoms with E-state index in [1.165, 1.54) is 0 Å². The van der Waals surface area contributed by atoms with Gasteiger partial charge < -0.3 is 19.5 Å². The first kappa shape index (κ1) is 18.8. The highest BCUT2D eigenvalue weighted by Gasteiger charge is 2.22. The number of aromatic nitrogens is 2. The number of rotatable bonds is 8. The number of amides is 1. The quantitative estimate of drug-likeness (QED) is 0.586. The number of ether oxygens (including phenoxy) is 3. The summed E-state index contributed by atoms with van der Waals surface area (Å²) in [6, 6.07) is 15.7. The summed E-state index contributed by atoms with van der Waals surface area (Å²) in [6.45, 7) is 2.59. The fourth-order valence-corrected chi connectivity index (χ4v) is 3.19. The lowest BCUT2D eigenvalue weighted by atomic mass is 9.88. The minimum atomic E-state index is -0.103. The highest BCUT2D eigenvalue weighted by molar-refractivity contribution is 5.77. The smallest absolute Gasteiger partial charge is 0.278 e. The zero-order valence-electron chi connectivity index (χ0n) is 16.0. The molecule has 1 aliphatic heterocycles. The van der Waals surface area contributed by atoms with Gasteiger partial charge in [-0.2, -0.15) is 0 Å². The molecule has 0 spiro atoms. The van der Waals surface area contributed by atoms with Gasteiger partial charge in [0.05, 0.1) is 6.54 Å². The molecule has 2 heterocycles. The maximum absolute atomic E-state index is 12.6. The lowest BCUT2D eigenvalue weighted by molar-refractivity contribution is -0.121. The summed E-state index contributed by atoms with van der Waals surface area (Å²) < 4.78 is 20.9. The minimum absolute atomic E-state index is 0.0740. The van der Waals surface area contributed by atoms with Crippen LogP contribution < -0.4 is 19.5 Å². The van der Waals surface area contributed by atoms with Gasteiger partial charge in [-0.1, -0.05) is 41.6 Å². The molecule has 8 nitrogen and oxygen atoms in total. The largest absolute Gasteiger partial charge is 0.472 e. The van der Waals surface area contributed by atoms with Crippen LogP contribution in [0.2, 0.25) is 0 Å². The molecule has 150 valence electrons. The average molecular weight is 395 g/mol. The first-order chi connectivity index (χ1) is 14.2. The van der Waals surface area contributed by atoms with Crippen LogP contribution in [0.4, 0.5) is 0 Å². The Morgan fingerprint density at radius 1 is 1.10 bits per heavy atom. The third-order valence-corrected chi connectivity index (χ3v) is 4.66. The van der Waals surface area contributed by atoms with Gasteiger partial charge in [0.15, 0.2) is 11.5 Å². The standard InChI is InChI=1S/C21H21N3O5/c1-14-21(24-29-23-14)26-10-9-22-20(25)12-17(15-5-3-2-4-6-15)16-7-8-18-19(11-16)28-13-27-18/h2-8,11,17H,9-10,12-13H2,1H3,(H,22,25)/t17-/m1/s1. The van der Waals surface area contributed by atoms with Crippen molar-refractivity contribution in [3.05, 3.63) is 65.4 Å². The number of nitrogens with one attached hydrogen (secondary N) is 1. The number of carbonyl (C=O) groups is 1. The molecule has 0 aliphatic carbocycles. The van der Waals surface area contributed by atoms with Crippen molar-refractivity contribution in [3.8, 4) is 17.4 Å². The molecule has 1 aliphatic rings. The Morgan fingerprint density at radius 3 is 2.72 bits per heavy atom. The molecule has 0 radical (unpaired) electrons. The fourth-order valence-electron chi connectivity index (χ4n) is 3.19. The molecule has 0 bridgehead atoms. The second-order valence-electron chi connectivity index (χ2n) is 6.63. The highest BCUT2D eigenvalue weighted by Crippen LogP contribution is 2.37. The first-order valence-corrected chi connectivity index (χ1v) is 9.34. The van der Waals surface area contributed by atoms with Crippen LogP contribution in [-0.2, 0) is 4.79 Å². The van der Waals surface area contributed by atoms with Gasteiger partial charge in [0.1, 0.15) is 12.3 Å². The van der Waals surface area contributed by atoms with Crippen molar-refractivity contribution in [1.29, 1.82) is 0 Å². The van der Waals surface area contributed by atoms with Crippen molar-refractivity contribution < 1.29 is 23.6 Å². The predicted octanol–water partition coefficient (Wildman–Crippen LogP) is 2.82. The molecule has 29 heavy (non-hydrogen) atoms. The maximum Gasteiger partial charge on any atom is 0.278 e. The number of fused-ring (bicyclic) bond motifs is 1. The molecule has 1 atom stereocenters. The van der Waals surface area contributed by atoms with E-state index in [1.807, 2.05) is 48.5 Å². The summed E-state index contributed by atoms with van der Waals surface area (Å²) in [6.07, 6.45) is 0.300. The molecule has 0 fully saturated rings. The summed E-state index contributed by atoms with van der Waals surface area (Å²) in [5, 5.41) is 10.2. The van der Waals surface area contributed by atoms with Gasteiger partial charge in [-0.3, -0.25) is 4.79 Å². The number of benzene rings is 2. The number of nitrogens with zero attached hydrogens (tertiary/aromatic N) is 2. The van der Waals surface area contributed by atoms with Gasteiger partial charge in [-0.05, 0) is 35.3 Å². The molecular formula is C21H21N3O5. The molecule has 1 N–H and O–H groups in total. The number of hydrogen-bond donors (Lipinski definition) is 1. The molecule has 4 rings (SSSR count). The summed E-state index contributed by atoms with van der Waals surface area (Å²) in [5.41, 5.74) is 2.63. The molecule has 0 unspecified atom stereocenters. The van der Waals surface area contributed by atoms with E-state index in [9.17, 15) is 4.79 Å².